The normalized spacial score (nSPS) is 19.3. The first-order valence-corrected chi connectivity index (χ1v) is 8.70. The van der Waals surface area contributed by atoms with Gasteiger partial charge in [-0.3, -0.25) is 4.79 Å². The smallest absolute Gasteiger partial charge is 0.405 e. The van der Waals surface area contributed by atoms with Crippen molar-refractivity contribution in [2.45, 2.75) is 38.1 Å². The third-order valence-electron chi connectivity index (χ3n) is 4.47. The lowest BCUT2D eigenvalue weighted by atomic mass is 9.98. The summed E-state index contributed by atoms with van der Waals surface area (Å²) in [4.78, 5) is 23.8. The summed E-state index contributed by atoms with van der Waals surface area (Å²) in [5.74, 6) is 0.0769. The molecule has 0 fully saturated rings. The number of rotatable bonds is 5. The van der Waals surface area contributed by atoms with Crippen molar-refractivity contribution in [3.8, 4) is 5.75 Å². The summed E-state index contributed by atoms with van der Waals surface area (Å²) in [6.07, 6.45) is -1.88. The number of carbonyl (C=O) groups is 2. The molecule has 4 N–H and O–H groups in total. The molecule has 0 saturated heterocycles. The standard InChI is InChI=1S/C20H22N2O5/c1-12-7-8-17-14(9-12)11-16(19(24)27-17)21-18(23)15(22-20(25)26)10-13-5-3-2-4-6-13/h2-9,15-16,19,22,24H,10-11H2,1H3,(H,21,23)(H,25,26)/t15?,16-,19?/m0/s1. The summed E-state index contributed by atoms with van der Waals surface area (Å²) in [6.45, 7) is 1.95. The summed E-state index contributed by atoms with van der Waals surface area (Å²) in [6, 6.07) is 13.1. The summed E-state index contributed by atoms with van der Waals surface area (Å²) < 4.78 is 5.48. The predicted molar refractivity (Wildman–Crippen MR) is 98.5 cm³/mol. The van der Waals surface area contributed by atoms with Crippen LogP contribution in [0.4, 0.5) is 4.79 Å². The van der Waals surface area contributed by atoms with Gasteiger partial charge in [0.2, 0.25) is 12.2 Å². The van der Waals surface area contributed by atoms with E-state index in [1.807, 2.05) is 49.4 Å². The molecule has 2 aromatic rings. The Labute approximate surface area is 157 Å². The van der Waals surface area contributed by atoms with Crippen LogP contribution in [-0.2, 0) is 17.6 Å². The SMILES string of the molecule is Cc1ccc2c(c1)C[C@H](NC(=O)C(Cc1ccccc1)NC(=O)O)C(O)O2. The molecule has 27 heavy (non-hydrogen) atoms. The predicted octanol–water partition coefficient (Wildman–Crippen LogP) is 1.61. The number of carboxylic acid groups (broad SMARTS) is 1. The number of hydrogen-bond acceptors (Lipinski definition) is 4. The molecule has 0 aromatic heterocycles. The highest BCUT2D eigenvalue weighted by Crippen LogP contribution is 2.28. The Morgan fingerprint density at radius 2 is 1.96 bits per heavy atom. The van der Waals surface area contributed by atoms with Crippen molar-refractivity contribution in [1.29, 1.82) is 0 Å². The number of benzene rings is 2. The zero-order valence-electron chi connectivity index (χ0n) is 14.9. The van der Waals surface area contributed by atoms with Gasteiger partial charge in [-0.05, 0) is 24.1 Å². The van der Waals surface area contributed by atoms with E-state index in [2.05, 4.69) is 10.6 Å². The number of aliphatic hydroxyl groups excluding tert-OH is 1. The Morgan fingerprint density at radius 1 is 1.22 bits per heavy atom. The lowest BCUT2D eigenvalue weighted by Crippen LogP contribution is -2.55. The van der Waals surface area contributed by atoms with Gasteiger partial charge < -0.3 is 25.6 Å². The van der Waals surface area contributed by atoms with Gasteiger partial charge in [0, 0.05) is 12.8 Å². The Bertz CT molecular complexity index is 824. The van der Waals surface area contributed by atoms with E-state index in [1.165, 1.54) is 0 Å². The van der Waals surface area contributed by atoms with E-state index in [9.17, 15) is 14.7 Å². The number of amides is 2. The topological polar surface area (TPSA) is 108 Å². The molecule has 2 aromatic carbocycles. The van der Waals surface area contributed by atoms with E-state index < -0.39 is 30.4 Å². The Balaban J connectivity index is 1.71. The molecule has 3 atom stereocenters. The van der Waals surface area contributed by atoms with Gasteiger partial charge in [-0.2, -0.15) is 0 Å². The molecular formula is C20H22N2O5. The first kappa shape index (κ1) is 18.7. The highest BCUT2D eigenvalue weighted by Gasteiger charge is 2.32. The van der Waals surface area contributed by atoms with Crippen LogP contribution in [-0.4, -0.2) is 40.6 Å². The first-order chi connectivity index (χ1) is 12.9. The molecule has 0 bridgehead atoms. The zero-order valence-corrected chi connectivity index (χ0v) is 14.9. The second kappa shape index (κ2) is 8.09. The van der Waals surface area contributed by atoms with Gasteiger partial charge in [-0.1, -0.05) is 48.0 Å². The minimum atomic E-state index is -1.28. The van der Waals surface area contributed by atoms with Gasteiger partial charge in [0.1, 0.15) is 11.8 Å². The van der Waals surface area contributed by atoms with Crippen molar-refractivity contribution in [3.63, 3.8) is 0 Å². The van der Waals surface area contributed by atoms with E-state index in [-0.39, 0.29) is 6.42 Å². The molecule has 3 rings (SSSR count). The molecular weight excluding hydrogens is 348 g/mol. The van der Waals surface area contributed by atoms with Crippen LogP contribution in [0.15, 0.2) is 48.5 Å². The van der Waals surface area contributed by atoms with Gasteiger partial charge >= 0.3 is 6.09 Å². The van der Waals surface area contributed by atoms with Crippen LogP contribution in [0.2, 0.25) is 0 Å². The molecule has 142 valence electrons. The monoisotopic (exact) mass is 370 g/mol. The van der Waals surface area contributed by atoms with E-state index in [0.717, 1.165) is 16.7 Å². The lowest BCUT2D eigenvalue weighted by molar-refractivity contribution is -0.128. The van der Waals surface area contributed by atoms with E-state index in [4.69, 9.17) is 9.84 Å². The fourth-order valence-electron chi connectivity index (χ4n) is 3.15. The van der Waals surface area contributed by atoms with Crippen molar-refractivity contribution in [3.05, 3.63) is 65.2 Å². The van der Waals surface area contributed by atoms with Crippen LogP contribution in [0.1, 0.15) is 16.7 Å². The number of hydrogen-bond donors (Lipinski definition) is 4. The van der Waals surface area contributed by atoms with Crippen LogP contribution >= 0.6 is 0 Å². The molecule has 1 heterocycles. The van der Waals surface area contributed by atoms with Crippen molar-refractivity contribution in [2.24, 2.45) is 0 Å². The second-order valence-electron chi connectivity index (χ2n) is 6.63. The molecule has 0 radical (unpaired) electrons. The van der Waals surface area contributed by atoms with Gasteiger partial charge in [0.25, 0.3) is 0 Å². The maximum Gasteiger partial charge on any atom is 0.405 e. The summed E-state index contributed by atoms with van der Waals surface area (Å²) >= 11 is 0. The highest BCUT2D eigenvalue weighted by molar-refractivity contribution is 5.85. The summed E-state index contributed by atoms with van der Waals surface area (Å²) in [7, 11) is 0. The number of carbonyl (C=O) groups excluding carboxylic acids is 1. The lowest BCUT2D eigenvalue weighted by Gasteiger charge is -2.32. The Morgan fingerprint density at radius 3 is 2.67 bits per heavy atom. The van der Waals surface area contributed by atoms with Crippen LogP contribution in [0.5, 0.6) is 5.75 Å². The van der Waals surface area contributed by atoms with Crippen molar-refractivity contribution in [1.82, 2.24) is 10.6 Å². The highest BCUT2D eigenvalue weighted by atomic mass is 16.6. The number of nitrogens with one attached hydrogen (secondary N) is 2. The second-order valence-corrected chi connectivity index (χ2v) is 6.63. The molecule has 0 spiro atoms. The average Bonchev–Trinajstić information content (AvgIpc) is 2.62. The summed E-state index contributed by atoms with van der Waals surface area (Å²) in [5, 5.41) is 24.2. The fraction of sp³-hybridized carbons (Fsp3) is 0.300. The fourth-order valence-corrected chi connectivity index (χ4v) is 3.15. The van der Waals surface area contributed by atoms with Crippen molar-refractivity contribution < 1.29 is 24.5 Å². The van der Waals surface area contributed by atoms with Crippen molar-refractivity contribution >= 4 is 12.0 Å². The molecule has 2 unspecified atom stereocenters. The van der Waals surface area contributed by atoms with Crippen LogP contribution in [0.3, 0.4) is 0 Å². The Kier molecular flexibility index (Phi) is 5.61. The number of fused-ring (bicyclic) bond motifs is 1. The molecule has 1 aliphatic heterocycles. The van der Waals surface area contributed by atoms with Gasteiger partial charge in [-0.15, -0.1) is 0 Å². The molecule has 2 amide bonds. The number of aryl methyl sites for hydroxylation is 1. The Hall–Kier alpha value is -3.06. The van der Waals surface area contributed by atoms with Gasteiger partial charge in [0.15, 0.2) is 0 Å². The van der Waals surface area contributed by atoms with Crippen molar-refractivity contribution in [2.75, 3.05) is 0 Å². The minimum Gasteiger partial charge on any atom is -0.465 e. The zero-order chi connectivity index (χ0) is 19.4. The molecule has 0 saturated carbocycles. The molecule has 7 heteroatoms. The maximum atomic E-state index is 12.7. The van der Waals surface area contributed by atoms with Crippen LogP contribution in [0.25, 0.3) is 0 Å². The van der Waals surface area contributed by atoms with E-state index in [0.29, 0.717) is 12.2 Å². The van der Waals surface area contributed by atoms with E-state index in [1.54, 1.807) is 6.07 Å². The quantitative estimate of drug-likeness (QED) is 0.640. The molecule has 0 aliphatic carbocycles. The minimum absolute atomic E-state index is 0.207. The first-order valence-electron chi connectivity index (χ1n) is 8.70. The average molecular weight is 370 g/mol. The number of aliphatic hydroxyl groups is 1. The third-order valence-corrected chi connectivity index (χ3v) is 4.47. The van der Waals surface area contributed by atoms with Crippen LogP contribution in [0, 0.1) is 6.92 Å². The third kappa shape index (κ3) is 4.77. The number of ether oxygens (including phenoxy) is 1. The van der Waals surface area contributed by atoms with Gasteiger partial charge in [-0.25, -0.2) is 4.79 Å². The molecule has 1 aliphatic rings. The molecule has 7 nitrogen and oxygen atoms in total. The summed E-state index contributed by atoms with van der Waals surface area (Å²) in [5.41, 5.74) is 2.76. The van der Waals surface area contributed by atoms with E-state index >= 15 is 0 Å². The maximum absolute atomic E-state index is 12.7. The largest absolute Gasteiger partial charge is 0.465 e. The van der Waals surface area contributed by atoms with Gasteiger partial charge in [0.05, 0.1) is 6.04 Å². The van der Waals surface area contributed by atoms with Crippen LogP contribution < -0.4 is 15.4 Å².